The van der Waals surface area contributed by atoms with Crippen molar-refractivity contribution < 1.29 is 14.6 Å². The summed E-state index contributed by atoms with van der Waals surface area (Å²) >= 11 is 0. The minimum absolute atomic E-state index is 0.0461. The first-order chi connectivity index (χ1) is 7.17. The number of ether oxygens (including phenoxy) is 1. The molecule has 1 N–H and O–H groups in total. The molecular formula is C10H14N2O3. The lowest BCUT2D eigenvalue weighted by atomic mass is 10.1. The molecule has 0 amide bonds. The quantitative estimate of drug-likeness (QED) is 0.786. The molecule has 0 aliphatic rings. The molecule has 1 heterocycles. The van der Waals surface area contributed by atoms with E-state index in [-0.39, 0.29) is 6.42 Å². The Morgan fingerprint density at radius 2 is 2.27 bits per heavy atom. The molecule has 82 valence electrons. The number of rotatable bonds is 5. The Kier molecular flexibility index (Phi) is 4.03. The molecule has 15 heavy (non-hydrogen) atoms. The monoisotopic (exact) mass is 210 g/mol. The molecule has 0 aromatic carbocycles. The Labute approximate surface area is 88.1 Å². The van der Waals surface area contributed by atoms with Crippen LogP contribution in [-0.2, 0) is 17.6 Å². The van der Waals surface area contributed by atoms with Crippen molar-refractivity contribution in [1.29, 1.82) is 0 Å². The number of carboxylic acid groups (broad SMARTS) is 1. The normalized spacial score (nSPS) is 10.0. The Bertz CT molecular complexity index is 353. The first kappa shape index (κ1) is 11.4. The van der Waals surface area contributed by atoms with Crippen molar-refractivity contribution in [2.45, 2.75) is 26.7 Å². The maximum atomic E-state index is 10.6. The van der Waals surface area contributed by atoms with Crippen molar-refractivity contribution in [3.8, 4) is 6.01 Å². The average Bonchev–Trinajstić information content (AvgIpc) is 2.20. The lowest BCUT2D eigenvalue weighted by molar-refractivity contribution is -0.136. The van der Waals surface area contributed by atoms with E-state index in [0.717, 1.165) is 5.69 Å². The first-order valence-corrected chi connectivity index (χ1v) is 4.86. The minimum atomic E-state index is -0.877. The molecule has 5 heteroatoms. The van der Waals surface area contributed by atoms with Gasteiger partial charge < -0.3 is 9.84 Å². The van der Waals surface area contributed by atoms with Crippen molar-refractivity contribution in [3.05, 3.63) is 17.5 Å². The summed E-state index contributed by atoms with van der Waals surface area (Å²) in [5.41, 5.74) is 1.38. The highest BCUT2D eigenvalue weighted by molar-refractivity contribution is 5.70. The summed E-state index contributed by atoms with van der Waals surface area (Å²) in [5, 5.41) is 8.67. The van der Waals surface area contributed by atoms with Crippen LogP contribution in [0.2, 0.25) is 0 Å². The second kappa shape index (κ2) is 5.29. The number of aryl methyl sites for hydroxylation is 1. The molecule has 0 bridgehead atoms. The van der Waals surface area contributed by atoms with Crippen molar-refractivity contribution in [1.82, 2.24) is 9.97 Å². The molecule has 0 aliphatic heterocycles. The third-order valence-electron chi connectivity index (χ3n) is 1.88. The molecule has 1 aromatic heterocycles. The number of carboxylic acids is 1. The van der Waals surface area contributed by atoms with Gasteiger partial charge in [0.05, 0.1) is 18.7 Å². The van der Waals surface area contributed by atoms with Crippen LogP contribution in [0.5, 0.6) is 6.01 Å². The zero-order valence-electron chi connectivity index (χ0n) is 8.86. The number of aromatic nitrogens is 2. The summed E-state index contributed by atoms with van der Waals surface area (Å²) in [4.78, 5) is 18.6. The lowest BCUT2D eigenvalue weighted by Crippen LogP contribution is -2.08. The highest BCUT2D eigenvalue weighted by Gasteiger charge is 2.09. The van der Waals surface area contributed by atoms with E-state index in [9.17, 15) is 4.79 Å². The van der Waals surface area contributed by atoms with Crippen LogP contribution < -0.4 is 4.74 Å². The van der Waals surface area contributed by atoms with E-state index < -0.39 is 5.97 Å². The third kappa shape index (κ3) is 3.19. The first-order valence-electron chi connectivity index (χ1n) is 4.86. The van der Waals surface area contributed by atoms with Crippen molar-refractivity contribution >= 4 is 5.97 Å². The van der Waals surface area contributed by atoms with Gasteiger partial charge in [-0.05, 0) is 13.3 Å². The molecule has 0 radical (unpaired) electrons. The summed E-state index contributed by atoms with van der Waals surface area (Å²) in [6.45, 7) is 4.27. The standard InChI is InChI=1S/C10H14N2O3/c1-3-8-7(5-9(13)14)6-11-10(12-8)15-4-2/h6H,3-5H2,1-2H3,(H,13,14). The Hall–Kier alpha value is -1.65. The summed E-state index contributed by atoms with van der Waals surface area (Å²) in [6, 6.07) is 0.309. The maximum Gasteiger partial charge on any atom is 0.316 e. The van der Waals surface area contributed by atoms with Gasteiger partial charge in [-0.15, -0.1) is 0 Å². The topological polar surface area (TPSA) is 72.3 Å². The van der Waals surface area contributed by atoms with Crippen LogP contribution in [0, 0.1) is 0 Å². The van der Waals surface area contributed by atoms with Gasteiger partial charge in [0.2, 0.25) is 0 Å². The van der Waals surface area contributed by atoms with Crippen molar-refractivity contribution in [2.24, 2.45) is 0 Å². The van der Waals surface area contributed by atoms with E-state index in [0.29, 0.717) is 24.6 Å². The van der Waals surface area contributed by atoms with Crippen LogP contribution in [0.1, 0.15) is 25.1 Å². The summed E-state index contributed by atoms with van der Waals surface area (Å²) in [5.74, 6) is -0.877. The van der Waals surface area contributed by atoms with Gasteiger partial charge in [-0.1, -0.05) is 6.92 Å². The number of carbonyl (C=O) groups is 1. The second-order valence-electron chi connectivity index (χ2n) is 2.98. The van der Waals surface area contributed by atoms with E-state index in [2.05, 4.69) is 9.97 Å². The molecule has 0 saturated heterocycles. The fourth-order valence-electron chi connectivity index (χ4n) is 1.24. The van der Waals surface area contributed by atoms with Gasteiger partial charge in [-0.25, -0.2) is 4.98 Å². The van der Waals surface area contributed by atoms with Crippen LogP contribution >= 0.6 is 0 Å². The van der Waals surface area contributed by atoms with Gasteiger partial charge in [0.1, 0.15) is 0 Å². The average molecular weight is 210 g/mol. The molecule has 5 nitrogen and oxygen atoms in total. The molecular weight excluding hydrogens is 196 g/mol. The number of nitrogens with zero attached hydrogens (tertiary/aromatic N) is 2. The largest absolute Gasteiger partial charge is 0.481 e. The van der Waals surface area contributed by atoms with Crippen LogP contribution in [0.25, 0.3) is 0 Å². The molecule has 0 fully saturated rings. The SMILES string of the molecule is CCOc1ncc(CC(=O)O)c(CC)n1. The van der Waals surface area contributed by atoms with Crippen LogP contribution in [0.15, 0.2) is 6.20 Å². The van der Waals surface area contributed by atoms with E-state index in [1.54, 1.807) is 0 Å². The Balaban J connectivity index is 2.92. The number of aliphatic carboxylic acids is 1. The van der Waals surface area contributed by atoms with E-state index in [4.69, 9.17) is 9.84 Å². The summed E-state index contributed by atoms with van der Waals surface area (Å²) < 4.78 is 5.14. The fraction of sp³-hybridized carbons (Fsp3) is 0.500. The second-order valence-corrected chi connectivity index (χ2v) is 2.98. The molecule has 1 rings (SSSR count). The molecule has 0 unspecified atom stereocenters. The Morgan fingerprint density at radius 3 is 2.80 bits per heavy atom. The summed E-state index contributed by atoms with van der Waals surface area (Å²) in [6.07, 6.45) is 2.14. The van der Waals surface area contributed by atoms with Gasteiger partial charge >= 0.3 is 12.0 Å². The van der Waals surface area contributed by atoms with Gasteiger partial charge in [-0.3, -0.25) is 4.79 Å². The predicted molar refractivity (Wildman–Crippen MR) is 53.9 cm³/mol. The van der Waals surface area contributed by atoms with Gasteiger partial charge in [0, 0.05) is 11.8 Å². The Morgan fingerprint density at radius 1 is 1.53 bits per heavy atom. The van der Waals surface area contributed by atoms with Gasteiger partial charge in [0.15, 0.2) is 0 Å². The summed E-state index contributed by atoms with van der Waals surface area (Å²) in [7, 11) is 0. The lowest BCUT2D eigenvalue weighted by Gasteiger charge is -2.06. The molecule has 0 aliphatic carbocycles. The fourth-order valence-corrected chi connectivity index (χ4v) is 1.24. The highest BCUT2D eigenvalue weighted by Crippen LogP contribution is 2.11. The van der Waals surface area contributed by atoms with Gasteiger partial charge in [0.25, 0.3) is 0 Å². The highest BCUT2D eigenvalue weighted by atomic mass is 16.5. The smallest absolute Gasteiger partial charge is 0.316 e. The zero-order valence-corrected chi connectivity index (χ0v) is 8.86. The van der Waals surface area contributed by atoms with Gasteiger partial charge in [-0.2, -0.15) is 4.98 Å². The van der Waals surface area contributed by atoms with E-state index in [1.165, 1.54) is 6.20 Å². The number of hydrogen-bond donors (Lipinski definition) is 1. The van der Waals surface area contributed by atoms with Crippen LogP contribution in [0.4, 0.5) is 0 Å². The minimum Gasteiger partial charge on any atom is -0.481 e. The number of hydrogen-bond acceptors (Lipinski definition) is 4. The zero-order chi connectivity index (χ0) is 11.3. The molecule has 1 aromatic rings. The molecule has 0 spiro atoms. The molecule has 0 saturated carbocycles. The van der Waals surface area contributed by atoms with Crippen LogP contribution in [0.3, 0.4) is 0 Å². The molecule has 0 atom stereocenters. The maximum absolute atomic E-state index is 10.6. The van der Waals surface area contributed by atoms with E-state index in [1.807, 2.05) is 13.8 Å². The van der Waals surface area contributed by atoms with E-state index >= 15 is 0 Å². The predicted octanol–water partition coefficient (Wildman–Crippen LogP) is 1.06. The van der Waals surface area contributed by atoms with Crippen molar-refractivity contribution in [2.75, 3.05) is 6.61 Å². The van der Waals surface area contributed by atoms with Crippen molar-refractivity contribution in [3.63, 3.8) is 0 Å². The third-order valence-corrected chi connectivity index (χ3v) is 1.88. The van der Waals surface area contributed by atoms with Crippen LogP contribution in [-0.4, -0.2) is 27.7 Å².